The summed E-state index contributed by atoms with van der Waals surface area (Å²) in [5, 5.41) is 3.53. The molecular weight excluding hydrogens is 108 g/mol. The Balaban J connectivity index is 2.50. The lowest BCUT2D eigenvalue weighted by Gasteiger charge is -1.85. The maximum atomic E-state index is 4.74. The van der Waals surface area contributed by atoms with Gasteiger partial charge < -0.3 is 4.52 Å². The van der Waals surface area contributed by atoms with Crippen molar-refractivity contribution >= 4 is 0 Å². The zero-order valence-corrected chi connectivity index (χ0v) is 4.20. The fourth-order valence-electron chi connectivity index (χ4n) is 0.397. The van der Waals surface area contributed by atoms with Crippen LogP contribution in [0.3, 0.4) is 0 Å². The second-order valence-electron chi connectivity index (χ2n) is 1.30. The Morgan fingerprint density at radius 2 is 2.75 bits per heavy atom. The predicted octanol–water partition coefficient (Wildman–Crippen LogP) is 0.0649. The van der Waals surface area contributed by atoms with Crippen molar-refractivity contribution in [3.8, 4) is 0 Å². The molecule has 8 heavy (non-hydrogen) atoms. The smallest absolute Gasteiger partial charge is 0.124 e. The summed E-state index contributed by atoms with van der Waals surface area (Å²) in [5.41, 5.74) is 0.701. The lowest BCUT2D eigenvalue weighted by Crippen LogP contribution is -1.98. The predicted molar refractivity (Wildman–Crippen MR) is 25.5 cm³/mol. The highest BCUT2D eigenvalue weighted by Gasteiger charge is 1.91. The second-order valence-corrected chi connectivity index (χ2v) is 1.30. The van der Waals surface area contributed by atoms with Crippen molar-refractivity contribution in [1.29, 1.82) is 0 Å². The second kappa shape index (κ2) is 2.44. The van der Waals surface area contributed by atoms with Crippen molar-refractivity contribution < 1.29 is 9.36 Å². The van der Waals surface area contributed by atoms with Crippen LogP contribution in [0.2, 0.25) is 0 Å². The molecule has 0 atom stereocenters. The zero-order valence-electron chi connectivity index (χ0n) is 4.20. The Morgan fingerprint density at radius 3 is 3.25 bits per heavy atom. The number of rotatable bonds is 2. The largest absolute Gasteiger partial charge is 0.364 e. The molecule has 1 aromatic rings. The summed E-state index contributed by atoms with van der Waals surface area (Å²) in [6.45, 7) is 0.302. The van der Waals surface area contributed by atoms with E-state index in [2.05, 4.69) is 14.5 Å². The maximum absolute atomic E-state index is 4.74. The first-order valence-electron chi connectivity index (χ1n) is 2.14. The van der Waals surface area contributed by atoms with Gasteiger partial charge in [0, 0.05) is 6.07 Å². The average Bonchev–Trinajstić information content (AvgIpc) is 2.19. The number of hydrogen-bond donors (Lipinski definition) is 1. The molecule has 0 aliphatic heterocycles. The molecule has 1 aromatic heterocycles. The van der Waals surface area contributed by atoms with Gasteiger partial charge >= 0.3 is 0 Å². The SMILES string of the molecule is NOCc1ccon1. The van der Waals surface area contributed by atoms with Crippen LogP contribution in [0.4, 0.5) is 0 Å². The highest BCUT2D eigenvalue weighted by atomic mass is 16.6. The lowest BCUT2D eigenvalue weighted by molar-refractivity contribution is 0.118. The highest BCUT2D eigenvalue weighted by molar-refractivity contribution is 4.91. The van der Waals surface area contributed by atoms with Gasteiger partial charge in [-0.1, -0.05) is 5.16 Å². The number of nitrogens with zero attached hydrogens (tertiary/aromatic N) is 1. The molecule has 4 heteroatoms. The highest BCUT2D eigenvalue weighted by Crippen LogP contribution is 1.92. The standard InChI is InChI=1S/C4H6N2O2/c5-7-3-4-1-2-8-6-4/h1-2H,3,5H2. The fraction of sp³-hybridized carbons (Fsp3) is 0.250. The van der Waals surface area contributed by atoms with Crippen LogP contribution in [0.5, 0.6) is 0 Å². The van der Waals surface area contributed by atoms with E-state index in [4.69, 9.17) is 5.90 Å². The van der Waals surface area contributed by atoms with Gasteiger partial charge in [-0.2, -0.15) is 0 Å². The van der Waals surface area contributed by atoms with E-state index < -0.39 is 0 Å². The van der Waals surface area contributed by atoms with E-state index in [0.29, 0.717) is 12.3 Å². The Kier molecular flexibility index (Phi) is 1.61. The van der Waals surface area contributed by atoms with Crippen LogP contribution in [0.25, 0.3) is 0 Å². The van der Waals surface area contributed by atoms with Gasteiger partial charge in [-0.15, -0.1) is 0 Å². The van der Waals surface area contributed by atoms with Crippen molar-refractivity contribution in [2.75, 3.05) is 0 Å². The molecule has 0 amide bonds. The molecule has 0 saturated heterocycles. The van der Waals surface area contributed by atoms with E-state index in [1.165, 1.54) is 6.26 Å². The van der Waals surface area contributed by atoms with Gasteiger partial charge in [-0.25, -0.2) is 5.90 Å². The summed E-state index contributed by atoms with van der Waals surface area (Å²) in [6, 6.07) is 1.69. The zero-order chi connectivity index (χ0) is 5.82. The summed E-state index contributed by atoms with van der Waals surface area (Å²) in [5.74, 6) is 4.74. The van der Waals surface area contributed by atoms with Crippen molar-refractivity contribution in [2.24, 2.45) is 5.90 Å². The van der Waals surface area contributed by atoms with E-state index in [1.807, 2.05) is 0 Å². The quantitative estimate of drug-likeness (QED) is 0.552. The summed E-state index contributed by atoms with van der Waals surface area (Å²) in [4.78, 5) is 4.26. The van der Waals surface area contributed by atoms with Gasteiger partial charge in [0.2, 0.25) is 0 Å². The van der Waals surface area contributed by atoms with Gasteiger partial charge in [0.15, 0.2) is 0 Å². The topological polar surface area (TPSA) is 61.3 Å². The Hall–Kier alpha value is -0.870. The van der Waals surface area contributed by atoms with Crippen molar-refractivity contribution in [3.63, 3.8) is 0 Å². The lowest BCUT2D eigenvalue weighted by atomic mass is 10.5. The molecule has 1 heterocycles. The van der Waals surface area contributed by atoms with E-state index in [1.54, 1.807) is 6.07 Å². The molecule has 4 nitrogen and oxygen atoms in total. The first-order chi connectivity index (χ1) is 3.93. The van der Waals surface area contributed by atoms with Gasteiger partial charge in [0.25, 0.3) is 0 Å². The third-order valence-electron chi connectivity index (χ3n) is 0.722. The molecule has 0 radical (unpaired) electrons. The van der Waals surface area contributed by atoms with Crippen molar-refractivity contribution in [1.82, 2.24) is 5.16 Å². The first kappa shape index (κ1) is 5.27. The summed E-state index contributed by atoms with van der Waals surface area (Å²) < 4.78 is 4.48. The molecule has 44 valence electrons. The molecular formula is C4H6N2O2. The minimum atomic E-state index is 0.302. The Labute approximate surface area is 46.2 Å². The molecule has 2 N–H and O–H groups in total. The summed E-state index contributed by atoms with van der Waals surface area (Å²) >= 11 is 0. The van der Waals surface area contributed by atoms with Crippen LogP contribution >= 0.6 is 0 Å². The minimum absolute atomic E-state index is 0.302. The third kappa shape index (κ3) is 1.05. The van der Waals surface area contributed by atoms with Crippen LogP contribution < -0.4 is 5.90 Å². The Morgan fingerprint density at radius 1 is 1.88 bits per heavy atom. The summed E-state index contributed by atoms with van der Waals surface area (Å²) in [6.07, 6.45) is 1.47. The first-order valence-corrected chi connectivity index (χ1v) is 2.14. The molecule has 1 rings (SSSR count). The van der Waals surface area contributed by atoms with Crippen LogP contribution in [0.15, 0.2) is 16.9 Å². The van der Waals surface area contributed by atoms with E-state index in [9.17, 15) is 0 Å². The molecule has 0 spiro atoms. The third-order valence-corrected chi connectivity index (χ3v) is 0.722. The van der Waals surface area contributed by atoms with E-state index >= 15 is 0 Å². The van der Waals surface area contributed by atoms with Gasteiger partial charge in [-0.05, 0) is 0 Å². The van der Waals surface area contributed by atoms with Crippen molar-refractivity contribution in [2.45, 2.75) is 6.61 Å². The number of hydrogen-bond acceptors (Lipinski definition) is 4. The maximum Gasteiger partial charge on any atom is 0.124 e. The minimum Gasteiger partial charge on any atom is -0.364 e. The van der Waals surface area contributed by atoms with E-state index in [0.717, 1.165) is 0 Å². The molecule has 0 bridgehead atoms. The fourth-order valence-corrected chi connectivity index (χ4v) is 0.397. The van der Waals surface area contributed by atoms with Crippen LogP contribution in [-0.4, -0.2) is 5.16 Å². The molecule has 0 unspecified atom stereocenters. The molecule has 0 fully saturated rings. The van der Waals surface area contributed by atoms with Gasteiger partial charge in [0.1, 0.15) is 18.6 Å². The molecule has 0 aliphatic rings. The van der Waals surface area contributed by atoms with Gasteiger partial charge in [-0.3, -0.25) is 4.84 Å². The summed E-state index contributed by atoms with van der Waals surface area (Å²) in [7, 11) is 0. The normalized spacial score (nSPS) is 9.62. The number of aromatic nitrogens is 1. The molecule has 0 aliphatic carbocycles. The number of nitrogens with two attached hydrogens (primary N) is 1. The molecule has 0 saturated carbocycles. The van der Waals surface area contributed by atoms with Crippen LogP contribution in [-0.2, 0) is 11.4 Å². The van der Waals surface area contributed by atoms with Crippen LogP contribution in [0.1, 0.15) is 5.69 Å². The monoisotopic (exact) mass is 114 g/mol. The average molecular weight is 114 g/mol. The van der Waals surface area contributed by atoms with Gasteiger partial charge in [0.05, 0.1) is 0 Å². The van der Waals surface area contributed by atoms with Crippen LogP contribution in [0, 0.1) is 0 Å². The molecule has 0 aromatic carbocycles. The Bertz CT molecular complexity index is 138. The van der Waals surface area contributed by atoms with Crippen molar-refractivity contribution in [3.05, 3.63) is 18.0 Å². The van der Waals surface area contributed by atoms with E-state index in [-0.39, 0.29) is 0 Å².